The summed E-state index contributed by atoms with van der Waals surface area (Å²) in [4.78, 5) is 4.62. The van der Waals surface area contributed by atoms with Crippen molar-refractivity contribution in [1.82, 2.24) is 9.38 Å². The molecule has 0 aliphatic heterocycles. The Morgan fingerprint density at radius 2 is 1.42 bits per heavy atom. The molecule has 4 aromatic rings. The molecule has 0 unspecified atom stereocenters. The molecule has 2 heterocycles. The molecule has 0 N–H and O–H groups in total. The average Bonchev–Trinajstić information content (AvgIpc) is 2.97. The summed E-state index contributed by atoms with van der Waals surface area (Å²) in [6, 6.07) is 17.1. The summed E-state index contributed by atoms with van der Waals surface area (Å²) < 4.78 is 15.1. The molecule has 0 atom stereocenters. The van der Waals surface area contributed by atoms with Crippen molar-refractivity contribution in [2.45, 2.75) is 13.8 Å². The smallest absolute Gasteiger partial charge is 0.137 e. The van der Waals surface area contributed by atoms with Crippen molar-refractivity contribution in [3.63, 3.8) is 0 Å². The Balaban J connectivity index is 1.79. The minimum atomic E-state index is -0.236. The number of aryl methyl sites for hydroxylation is 2. The molecule has 3 heteroatoms. The lowest BCUT2D eigenvalue weighted by atomic mass is 10.0. The number of benzene rings is 2. The van der Waals surface area contributed by atoms with Gasteiger partial charge in [-0.15, -0.1) is 0 Å². The number of imidazole rings is 1. The Bertz CT molecular complexity index is 1010. The normalized spacial score (nSPS) is 11.1. The van der Waals surface area contributed by atoms with Crippen LogP contribution >= 0.6 is 0 Å². The van der Waals surface area contributed by atoms with Crippen LogP contribution in [-0.2, 0) is 0 Å². The molecule has 0 bridgehead atoms. The maximum Gasteiger partial charge on any atom is 0.137 e. The molecule has 2 aromatic heterocycles. The van der Waals surface area contributed by atoms with Crippen LogP contribution in [0, 0.1) is 19.7 Å². The van der Waals surface area contributed by atoms with Gasteiger partial charge in [-0.05, 0) is 61.4 Å². The van der Waals surface area contributed by atoms with Gasteiger partial charge in [0.2, 0.25) is 0 Å². The van der Waals surface area contributed by atoms with E-state index in [0.717, 1.165) is 22.5 Å². The zero-order valence-corrected chi connectivity index (χ0v) is 13.6. The van der Waals surface area contributed by atoms with Crippen molar-refractivity contribution >= 4 is 5.65 Å². The van der Waals surface area contributed by atoms with Crippen molar-refractivity contribution in [3.8, 4) is 22.4 Å². The minimum Gasteiger partial charge on any atom is -0.306 e. The van der Waals surface area contributed by atoms with Gasteiger partial charge >= 0.3 is 0 Å². The molecule has 0 fully saturated rings. The van der Waals surface area contributed by atoms with Gasteiger partial charge in [0, 0.05) is 18.0 Å². The topological polar surface area (TPSA) is 17.3 Å². The predicted octanol–water partition coefficient (Wildman–Crippen LogP) is 5.42. The summed E-state index contributed by atoms with van der Waals surface area (Å²) in [7, 11) is 0. The molecular weight excluding hydrogens is 299 g/mol. The van der Waals surface area contributed by atoms with E-state index in [-0.39, 0.29) is 5.82 Å². The number of fused-ring (bicyclic) bond motifs is 1. The fourth-order valence-electron chi connectivity index (χ4n) is 3.06. The van der Waals surface area contributed by atoms with E-state index >= 15 is 0 Å². The second-order valence-electron chi connectivity index (χ2n) is 6.19. The van der Waals surface area contributed by atoms with Crippen LogP contribution in [-0.4, -0.2) is 9.38 Å². The fourth-order valence-corrected chi connectivity index (χ4v) is 3.06. The minimum absolute atomic E-state index is 0.236. The first-order valence-corrected chi connectivity index (χ1v) is 7.92. The summed E-state index contributed by atoms with van der Waals surface area (Å²) >= 11 is 0. The molecule has 24 heavy (non-hydrogen) atoms. The molecule has 0 aliphatic carbocycles. The Hall–Kier alpha value is -2.94. The highest BCUT2D eigenvalue weighted by Crippen LogP contribution is 2.25. The highest BCUT2D eigenvalue weighted by atomic mass is 19.1. The third kappa shape index (κ3) is 2.69. The van der Waals surface area contributed by atoms with E-state index in [4.69, 9.17) is 0 Å². The first-order valence-electron chi connectivity index (χ1n) is 7.92. The number of nitrogens with zero attached hydrogens (tertiary/aromatic N) is 2. The summed E-state index contributed by atoms with van der Waals surface area (Å²) in [5.41, 5.74) is 7.48. The highest BCUT2D eigenvalue weighted by molar-refractivity contribution is 5.68. The molecule has 0 spiro atoms. The van der Waals surface area contributed by atoms with E-state index in [1.54, 1.807) is 12.1 Å². The van der Waals surface area contributed by atoms with E-state index in [1.807, 2.05) is 16.7 Å². The monoisotopic (exact) mass is 316 g/mol. The predicted molar refractivity (Wildman–Crippen MR) is 95.5 cm³/mol. The standard InChI is InChI=1S/C21H17FN2/c1-14-9-15(2)11-18(10-14)17-5-8-21-23-20(13-24(21)12-17)16-3-6-19(22)7-4-16/h3-13H,1-2H3. The Morgan fingerprint density at radius 3 is 2.12 bits per heavy atom. The second-order valence-corrected chi connectivity index (χ2v) is 6.19. The number of pyridine rings is 1. The molecule has 0 saturated heterocycles. The Labute approximate surface area is 140 Å². The van der Waals surface area contributed by atoms with Crippen LogP contribution < -0.4 is 0 Å². The third-order valence-corrected chi connectivity index (χ3v) is 4.15. The average molecular weight is 316 g/mol. The van der Waals surface area contributed by atoms with Crippen molar-refractivity contribution in [2.24, 2.45) is 0 Å². The van der Waals surface area contributed by atoms with Crippen LogP contribution in [0.2, 0.25) is 0 Å². The molecule has 2 aromatic carbocycles. The Morgan fingerprint density at radius 1 is 0.750 bits per heavy atom. The zero-order valence-electron chi connectivity index (χ0n) is 13.6. The number of rotatable bonds is 2. The van der Waals surface area contributed by atoms with Crippen molar-refractivity contribution in [1.29, 1.82) is 0 Å². The lowest BCUT2D eigenvalue weighted by molar-refractivity contribution is 0.628. The molecule has 2 nitrogen and oxygen atoms in total. The molecule has 0 radical (unpaired) electrons. The first-order chi connectivity index (χ1) is 11.6. The van der Waals surface area contributed by atoms with Crippen molar-refractivity contribution < 1.29 is 4.39 Å². The number of hydrogen-bond donors (Lipinski definition) is 0. The summed E-state index contributed by atoms with van der Waals surface area (Å²) in [6.07, 6.45) is 4.07. The molecule has 118 valence electrons. The number of hydrogen-bond acceptors (Lipinski definition) is 1. The molecule has 0 amide bonds. The van der Waals surface area contributed by atoms with E-state index in [0.29, 0.717) is 0 Å². The van der Waals surface area contributed by atoms with E-state index < -0.39 is 0 Å². The van der Waals surface area contributed by atoms with Crippen LogP contribution in [0.1, 0.15) is 11.1 Å². The van der Waals surface area contributed by atoms with Gasteiger partial charge in [-0.1, -0.05) is 29.3 Å². The molecule has 0 aliphatic rings. The van der Waals surface area contributed by atoms with Gasteiger partial charge < -0.3 is 4.40 Å². The summed E-state index contributed by atoms with van der Waals surface area (Å²) in [5.74, 6) is -0.236. The Kier molecular flexibility index (Phi) is 3.42. The summed E-state index contributed by atoms with van der Waals surface area (Å²) in [6.45, 7) is 4.22. The van der Waals surface area contributed by atoms with Crippen LogP contribution in [0.25, 0.3) is 28.0 Å². The van der Waals surface area contributed by atoms with E-state index in [9.17, 15) is 4.39 Å². The maximum atomic E-state index is 13.1. The summed E-state index contributed by atoms with van der Waals surface area (Å²) in [5, 5.41) is 0. The van der Waals surface area contributed by atoms with Crippen LogP contribution in [0.3, 0.4) is 0 Å². The lowest BCUT2D eigenvalue weighted by Gasteiger charge is -2.06. The number of halogens is 1. The second kappa shape index (κ2) is 5.60. The molecular formula is C21H17FN2. The third-order valence-electron chi connectivity index (χ3n) is 4.15. The van der Waals surface area contributed by atoms with Gasteiger partial charge in [0.05, 0.1) is 5.69 Å². The van der Waals surface area contributed by atoms with Crippen molar-refractivity contribution in [3.05, 3.63) is 83.9 Å². The molecule has 0 saturated carbocycles. The number of aromatic nitrogens is 2. The van der Waals surface area contributed by atoms with E-state index in [2.05, 4.69) is 49.3 Å². The largest absolute Gasteiger partial charge is 0.306 e. The zero-order chi connectivity index (χ0) is 16.7. The van der Waals surface area contributed by atoms with Crippen LogP contribution in [0.15, 0.2) is 67.0 Å². The van der Waals surface area contributed by atoms with Gasteiger partial charge in [0.25, 0.3) is 0 Å². The van der Waals surface area contributed by atoms with Crippen LogP contribution in [0.4, 0.5) is 4.39 Å². The molecule has 4 rings (SSSR count). The van der Waals surface area contributed by atoms with Gasteiger partial charge in [-0.3, -0.25) is 0 Å². The van der Waals surface area contributed by atoms with Crippen LogP contribution in [0.5, 0.6) is 0 Å². The lowest BCUT2D eigenvalue weighted by Crippen LogP contribution is -1.87. The van der Waals surface area contributed by atoms with Gasteiger partial charge in [-0.25, -0.2) is 9.37 Å². The van der Waals surface area contributed by atoms with Gasteiger partial charge in [0.1, 0.15) is 11.5 Å². The quantitative estimate of drug-likeness (QED) is 0.482. The first kappa shape index (κ1) is 14.6. The fraction of sp³-hybridized carbons (Fsp3) is 0.0952. The van der Waals surface area contributed by atoms with Gasteiger partial charge in [0.15, 0.2) is 0 Å². The SMILES string of the molecule is Cc1cc(C)cc(-c2ccc3nc(-c4ccc(F)cc4)cn3c2)c1. The van der Waals surface area contributed by atoms with E-state index in [1.165, 1.54) is 28.8 Å². The maximum absolute atomic E-state index is 13.1. The van der Waals surface area contributed by atoms with Crippen molar-refractivity contribution in [2.75, 3.05) is 0 Å². The highest BCUT2D eigenvalue weighted by Gasteiger charge is 2.07. The van der Waals surface area contributed by atoms with Gasteiger partial charge in [-0.2, -0.15) is 0 Å².